The smallest absolute Gasteiger partial charge is 0.337 e. The molecule has 0 saturated carbocycles. The van der Waals surface area contributed by atoms with E-state index in [2.05, 4.69) is 45.4 Å². The van der Waals surface area contributed by atoms with E-state index in [4.69, 9.17) is 9.16 Å². The van der Waals surface area contributed by atoms with Gasteiger partial charge in [-0.3, -0.25) is 4.98 Å². The molecule has 0 aliphatic rings. The van der Waals surface area contributed by atoms with E-state index in [-0.39, 0.29) is 5.04 Å². The van der Waals surface area contributed by atoms with Crippen molar-refractivity contribution in [1.82, 2.24) is 4.98 Å². The monoisotopic (exact) mass is 293 g/mol. The lowest BCUT2D eigenvalue weighted by Gasteiger charge is -2.36. The Balaban J connectivity index is 2.97. The highest BCUT2D eigenvalue weighted by Crippen LogP contribution is 2.38. The third kappa shape index (κ3) is 3.69. The Morgan fingerprint density at radius 2 is 1.95 bits per heavy atom. The molecule has 0 atom stereocenters. The van der Waals surface area contributed by atoms with Gasteiger partial charge in [0.25, 0.3) is 8.32 Å². The van der Waals surface area contributed by atoms with Crippen molar-refractivity contribution in [1.29, 1.82) is 0 Å². The van der Waals surface area contributed by atoms with Crippen molar-refractivity contribution in [2.75, 3.05) is 7.11 Å². The Hall–Kier alpha value is -1.62. The summed E-state index contributed by atoms with van der Waals surface area (Å²) >= 11 is 0. The predicted molar refractivity (Wildman–Crippen MR) is 82.9 cm³/mol. The molecule has 0 aliphatic heterocycles. The minimum Gasteiger partial charge on any atom is -0.542 e. The summed E-state index contributed by atoms with van der Waals surface area (Å²) in [6.45, 7) is 14.7. The zero-order valence-corrected chi connectivity index (χ0v) is 14.1. The van der Waals surface area contributed by atoms with Crippen LogP contribution in [-0.2, 0) is 9.16 Å². The SMILES string of the molecule is C=C(O[Si](C)(C)C(C)(C)C)c1cc(C(=O)OC)ccn1. The first-order valence-corrected chi connectivity index (χ1v) is 9.42. The molecule has 0 saturated heterocycles. The van der Waals surface area contributed by atoms with E-state index >= 15 is 0 Å². The van der Waals surface area contributed by atoms with Gasteiger partial charge in [-0.05, 0) is 30.3 Å². The maximum atomic E-state index is 11.5. The Morgan fingerprint density at radius 1 is 1.35 bits per heavy atom. The van der Waals surface area contributed by atoms with Gasteiger partial charge in [0, 0.05) is 6.20 Å². The molecule has 110 valence electrons. The number of carbonyl (C=O) groups is 1. The van der Waals surface area contributed by atoms with E-state index in [9.17, 15) is 4.79 Å². The van der Waals surface area contributed by atoms with Crippen LogP contribution < -0.4 is 0 Å². The first-order valence-electron chi connectivity index (χ1n) is 6.51. The highest BCUT2D eigenvalue weighted by molar-refractivity contribution is 6.74. The van der Waals surface area contributed by atoms with E-state index in [1.54, 1.807) is 18.3 Å². The predicted octanol–water partition coefficient (Wildman–Crippen LogP) is 3.86. The summed E-state index contributed by atoms with van der Waals surface area (Å²) in [7, 11) is -0.609. The molecular formula is C15H23NO3Si. The Labute approximate surface area is 122 Å². The number of carbonyl (C=O) groups excluding carboxylic acids is 1. The van der Waals surface area contributed by atoms with Crippen LogP contribution in [0, 0.1) is 0 Å². The lowest BCUT2D eigenvalue weighted by molar-refractivity contribution is 0.0600. The summed E-state index contributed by atoms with van der Waals surface area (Å²) in [4.78, 5) is 15.7. The molecule has 0 unspecified atom stereocenters. The molecule has 0 spiro atoms. The van der Waals surface area contributed by atoms with Crippen LogP contribution in [0.3, 0.4) is 0 Å². The molecule has 0 radical (unpaired) electrons. The number of ether oxygens (including phenoxy) is 1. The number of aromatic nitrogens is 1. The van der Waals surface area contributed by atoms with Crippen LogP contribution in [-0.4, -0.2) is 26.4 Å². The first-order chi connectivity index (χ1) is 9.08. The highest BCUT2D eigenvalue weighted by atomic mass is 28.4. The van der Waals surface area contributed by atoms with Crippen LogP contribution in [0.2, 0.25) is 18.1 Å². The second-order valence-corrected chi connectivity index (χ2v) is 10.9. The molecule has 0 amide bonds. The zero-order valence-electron chi connectivity index (χ0n) is 13.1. The molecule has 0 N–H and O–H groups in total. The van der Waals surface area contributed by atoms with Crippen molar-refractivity contribution in [2.24, 2.45) is 0 Å². The van der Waals surface area contributed by atoms with E-state index < -0.39 is 14.3 Å². The maximum absolute atomic E-state index is 11.5. The molecular weight excluding hydrogens is 270 g/mol. The van der Waals surface area contributed by atoms with Gasteiger partial charge < -0.3 is 9.16 Å². The molecule has 0 aliphatic carbocycles. The van der Waals surface area contributed by atoms with Crippen LogP contribution in [0.4, 0.5) is 0 Å². The van der Waals surface area contributed by atoms with Crippen LogP contribution in [0.5, 0.6) is 0 Å². The molecule has 0 aromatic carbocycles. The fraction of sp³-hybridized carbons (Fsp3) is 0.467. The van der Waals surface area contributed by atoms with E-state index in [0.717, 1.165) is 0 Å². The molecule has 1 aromatic rings. The third-order valence-electron chi connectivity index (χ3n) is 3.65. The molecule has 20 heavy (non-hydrogen) atoms. The van der Waals surface area contributed by atoms with Crippen molar-refractivity contribution in [2.45, 2.75) is 38.9 Å². The summed E-state index contributed by atoms with van der Waals surface area (Å²) in [6, 6.07) is 3.25. The van der Waals surface area contributed by atoms with Gasteiger partial charge >= 0.3 is 5.97 Å². The lowest BCUT2D eigenvalue weighted by atomic mass is 10.2. The van der Waals surface area contributed by atoms with Gasteiger partial charge in [0.1, 0.15) is 11.5 Å². The molecule has 4 nitrogen and oxygen atoms in total. The summed E-state index contributed by atoms with van der Waals surface area (Å²) in [5, 5.41) is 0.0793. The van der Waals surface area contributed by atoms with Crippen molar-refractivity contribution < 1.29 is 14.0 Å². The van der Waals surface area contributed by atoms with Crippen LogP contribution >= 0.6 is 0 Å². The Kier molecular flexibility index (Phi) is 4.75. The fourth-order valence-corrected chi connectivity index (χ4v) is 2.37. The highest BCUT2D eigenvalue weighted by Gasteiger charge is 2.39. The lowest BCUT2D eigenvalue weighted by Crippen LogP contribution is -2.40. The van der Waals surface area contributed by atoms with Gasteiger partial charge in [-0.15, -0.1) is 0 Å². The van der Waals surface area contributed by atoms with Crippen molar-refractivity contribution in [3.63, 3.8) is 0 Å². The zero-order chi connectivity index (χ0) is 15.6. The van der Waals surface area contributed by atoms with Gasteiger partial charge in [0.05, 0.1) is 12.7 Å². The average Bonchev–Trinajstić information content (AvgIpc) is 2.36. The summed E-state index contributed by atoms with van der Waals surface area (Å²) in [5.74, 6) is 0.108. The summed E-state index contributed by atoms with van der Waals surface area (Å²) in [6.07, 6.45) is 1.56. The van der Waals surface area contributed by atoms with Gasteiger partial charge in [-0.2, -0.15) is 0 Å². The number of nitrogens with zero attached hydrogens (tertiary/aromatic N) is 1. The number of hydrogen-bond acceptors (Lipinski definition) is 4. The summed E-state index contributed by atoms with van der Waals surface area (Å²) in [5.41, 5.74) is 1.01. The Morgan fingerprint density at radius 3 is 2.45 bits per heavy atom. The van der Waals surface area contributed by atoms with Crippen molar-refractivity contribution in [3.05, 3.63) is 36.2 Å². The minimum atomic E-state index is -1.96. The van der Waals surface area contributed by atoms with E-state index in [0.29, 0.717) is 17.0 Å². The summed E-state index contributed by atoms with van der Waals surface area (Å²) < 4.78 is 10.8. The van der Waals surface area contributed by atoms with Crippen molar-refractivity contribution in [3.8, 4) is 0 Å². The third-order valence-corrected chi connectivity index (χ3v) is 8.02. The van der Waals surface area contributed by atoms with Crippen LogP contribution in [0.1, 0.15) is 36.8 Å². The number of rotatable bonds is 4. The van der Waals surface area contributed by atoms with Crippen LogP contribution in [0.25, 0.3) is 5.76 Å². The average molecular weight is 293 g/mol. The number of pyridine rings is 1. The quantitative estimate of drug-likeness (QED) is 0.480. The second kappa shape index (κ2) is 5.79. The van der Waals surface area contributed by atoms with Gasteiger partial charge in [-0.1, -0.05) is 27.4 Å². The van der Waals surface area contributed by atoms with Gasteiger partial charge in [0.15, 0.2) is 0 Å². The first kappa shape index (κ1) is 16.4. The molecule has 5 heteroatoms. The van der Waals surface area contributed by atoms with E-state index in [1.807, 2.05) is 0 Å². The number of esters is 1. The van der Waals surface area contributed by atoms with Crippen molar-refractivity contribution >= 4 is 20.0 Å². The molecule has 0 bridgehead atoms. The van der Waals surface area contributed by atoms with E-state index in [1.165, 1.54) is 7.11 Å². The number of hydrogen-bond donors (Lipinski definition) is 0. The Bertz CT molecular complexity index is 518. The maximum Gasteiger partial charge on any atom is 0.337 e. The minimum absolute atomic E-state index is 0.0793. The molecule has 0 fully saturated rings. The fourth-order valence-electron chi connectivity index (χ4n) is 1.34. The molecule has 1 aromatic heterocycles. The second-order valence-electron chi connectivity index (χ2n) is 6.21. The van der Waals surface area contributed by atoms with Gasteiger partial charge in [-0.25, -0.2) is 4.79 Å². The topological polar surface area (TPSA) is 48.4 Å². The normalized spacial score (nSPS) is 11.9. The van der Waals surface area contributed by atoms with Gasteiger partial charge in [0.2, 0.25) is 0 Å². The number of methoxy groups -OCH3 is 1. The standard InChI is InChI=1S/C15H23NO3Si/c1-11(19-20(6,7)15(2,3)4)13-10-12(8-9-16-13)14(17)18-5/h8-10H,1H2,2-7H3. The molecule has 1 rings (SSSR count). The largest absolute Gasteiger partial charge is 0.542 e. The van der Waals surface area contributed by atoms with Crippen LogP contribution in [0.15, 0.2) is 24.9 Å². The molecule has 1 heterocycles.